The van der Waals surface area contributed by atoms with Gasteiger partial charge in [0, 0.05) is 23.6 Å². The van der Waals surface area contributed by atoms with Gasteiger partial charge in [-0.05, 0) is 73.8 Å². The van der Waals surface area contributed by atoms with Gasteiger partial charge in [-0.15, -0.1) is 0 Å². The Bertz CT molecular complexity index is 859. The molecule has 0 atom stereocenters. The molecule has 4 aliphatic carbocycles. The zero-order chi connectivity index (χ0) is 19.1. The van der Waals surface area contributed by atoms with Gasteiger partial charge in [-0.1, -0.05) is 18.2 Å². The molecular formula is C23H28N2O3. The predicted molar refractivity (Wildman–Crippen MR) is 107 cm³/mol. The van der Waals surface area contributed by atoms with E-state index in [-0.39, 0.29) is 24.4 Å². The average molecular weight is 380 g/mol. The van der Waals surface area contributed by atoms with Crippen LogP contribution in [0.15, 0.2) is 30.5 Å². The van der Waals surface area contributed by atoms with Gasteiger partial charge in [0.15, 0.2) is 6.61 Å². The molecule has 148 valence electrons. The molecule has 0 saturated heterocycles. The molecule has 2 aromatic rings. The minimum absolute atomic E-state index is 0.0341. The number of aromatic amines is 1. The standard InChI is InChI=1S/C23H28N2O3/c26-21(24-6-5-16-12-25-20-4-2-1-3-19(16)20)13-28-23(27)22-17-8-14-7-15(10-17)11-18(22)9-14/h1-4,12,14-15,17-18,22,25H,5-11,13H2,(H,24,26). The van der Waals surface area contributed by atoms with Crippen molar-refractivity contribution in [1.82, 2.24) is 10.3 Å². The second-order valence-electron chi connectivity index (χ2n) is 9.02. The Morgan fingerprint density at radius 1 is 1.04 bits per heavy atom. The van der Waals surface area contributed by atoms with E-state index in [0.717, 1.165) is 23.8 Å². The lowest BCUT2D eigenvalue weighted by Crippen LogP contribution is -2.48. The molecule has 0 unspecified atom stereocenters. The number of carbonyl (C=O) groups is 2. The first-order valence-electron chi connectivity index (χ1n) is 10.7. The number of amides is 1. The van der Waals surface area contributed by atoms with Gasteiger partial charge < -0.3 is 15.0 Å². The van der Waals surface area contributed by atoms with Gasteiger partial charge in [0.1, 0.15) is 0 Å². The maximum atomic E-state index is 12.6. The van der Waals surface area contributed by atoms with Crippen LogP contribution in [0.5, 0.6) is 0 Å². The third-order valence-electron chi connectivity index (χ3n) is 7.24. The van der Waals surface area contributed by atoms with Crippen LogP contribution in [0.3, 0.4) is 0 Å². The highest BCUT2D eigenvalue weighted by Gasteiger charge is 2.51. The van der Waals surface area contributed by atoms with E-state index in [0.29, 0.717) is 18.4 Å². The predicted octanol–water partition coefficient (Wildman–Crippen LogP) is 3.44. The van der Waals surface area contributed by atoms with Gasteiger partial charge in [-0.25, -0.2) is 0 Å². The largest absolute Gasteiger partial charge is 0.455 e. The van der Waals surface area contributed by atoms with Crippen LogP contribution in [0.4, 0.5) is 0 Å². The number of esters is 1. The molecular weight excluding hydrogens is 352 g/mol. The minimum Gasteiger partial charge on any atom is -0.455 e. The summed E-state index contributed by atoms with van der Waals surface area (Å²) < 4.78 is 5.43. The minimum atomic E-state index is -0.211. The van der Waals surface area contributed by atoms with Crippen molar-refractivity contribution in [3.05, 3.63) is 36.0 Å². The Morgan fingerprint density at radius 2 is 1.75 bits per heavy atom. The van der Waals surface area contributed by atoms with Crippen LogP contribution in [0.2, 0.25) is 0 Å². The molecule has 6 rings (SSSR count). The van der Waals surface area contributed by atoms with E-state index in [1.807, 2.05) is 24.4 Å². The third-order valence-corrected chi connectivity index (χ3v) is 7.24. The Balaban J connectivity index is 1.08. The van der Waals surface area contributed by atoms with Crippen LogP contribution in [0.1, 0.15) is 37.7 Å². The van der Waals surface area contributed by atoms with E-state index >= 15 is 0 Å². The second kappa shape index (κ2) is 7.26. The molecule has 0 radical (unpaired) electrons. The molecule has 4 bridgehead atoms. The smallest absolute Gasteiger partial charge is 0.310 e. The van der Waals surface area contributed by atoms with Crippen molar-refractivity contribution >= 4 is 22.8 Å². The fourth-order valence-corrected chi connectivity index (χ4v) is 6.27. The molecule has 0 aliphatic heterocycles. The summed E-state index contributed by atoms with van der Waals surface area (Å²) in [5, 5.41) is 4.06. The number of hydrogen-bond donors (Lipinski definition) is 2. The van der Waals surface area contributed by atoms with Crippen LogP contribution >= 0.6 is 0 Å². The molecule has 1 amide bonds. The first-order chi connectivity index (χ1) is 13.7. The monoisotopic (exact) mass is 380 g/mol. The van der Waals surface area contributed by atoms with Crippen molar-refractivity contribution in [3.63, 3.8) is 0 Å². The Labute approximate surface area is 165 Å². The number of benzene rings is 1. The second-order valence-corrected chi connectivity index (χ2v) is 9.02. The molecule has 0 spiro atoms. The average Bonchev–Trinajstić information content (AvgIpc) is 3.09. The van der Waals surface area contributed by atoms with Gasteiger partial charge in [0.2, 0.25) is 0 Å². The van der Waals surface area contributed by atoms with Gasteiger partial charge in [-0.3, -0.25) is 9.59 Å². The summed E-state index contributed by atoms with van der Waals surface area (Å²) in [5.74, 6) is 2.34. The summed E-state index contributed by atoms with van der Waals surface area (Å²) in [4.78, 5) is 28.0. The van der Waals surface area contributed by atoms with Gasteiger partial charge in [-0.2, -0.15) is 0 Å². The van der Waals surface area contributed by atoms with E-state index in [1.165, 1.54) is 43.1 Å². The van der Waals surface area contributed by atoms with Crippen molar-refractivity contribution in [2.45, 2.75) is 38.5 Å². The van der Waals surface area contributed by atoms with Crippen LogP contribution < -0.4 is 5.32 Å². The molecule has 4 fully saturated rings. The number of ether oxygens (including phenoxy) is 1. The van der Waals surface area contributed by atoms with Gasteiger partial charge in [0.25, 0.3) is 5.91 Å². The third kappa shape index (κ3) is 3.31. The lowest BCUT2D eigenvalue weighted by atomic mass is 9.52. The molecule has 4 aliphatic rings. The molecule has 5 nitrogen and oxygen atoms in total. The Hall–Kier alpha value is -2.30. The lowest BCUT2D eigenvalue weighted by molar-refractivity contribution is -0.164. The zero-order valence-corrected chi connectivity index (χ0v) is 16.2. The summed E-state index contributed by atoms with van der Waals surface area (Å²) in [6.45, 7) is 0.381. The SMILES string of the molecule is O=C(COC(=O)C1C2CC3CC(C2)CC1C3)NCCc1c[nH]c2ccccc12. The number of rotatable bonds is 6. The normalized spacial score (nSPS) is 30.5. The van der Waals surface area contributed by atoms with E-state index in [9.17, 15) is 9.59 Å². The number of nitrogens with one attached hydrogen (secondary N) is 2. The maximum Gasteiger partial charge on any atom is 0.310 e. The fourth-order valence-electron chi connectivity index (χ4n) is 6.27. The number of carbonyl (C=O) groups excluding carboxylic acids is 2. The molecule has 1 aromatic carbocycles. The van der Waals surface area contributed by atoms with Crippen LogP contribution in [-0.4, -0.2) is 30.0 Å². The number of aromatic nitrogens is 1. The molecule has 1 aromatic heterocycles. The summed E-state index contributed by atoms with van der Waals surface area (Å²) in [6.07, 6.45) is 8.84. The number of fused-ring (bicyclic) bond motifs is 1. The van der Waals surface area contributed by atoms with E-state index in [4.69, 9.17) is 4.74 Å². The molecule has 5 heteroatoms. The maximum absolute atomic E-state index is 12.6. The van der Waals surface area contributed by atoms with Crippen molar-refractivity contribution in [2.75, 3.05) is 13.2 Å². The zero-order valence-electron chi connectivity index (χ0n) is 16.2. The molecule has 28 heavy (non-hydrogen) atoms. The lowest BCUT2D eigenvalue weighted by Gasteiger charge is -2.53. The highest BCUT2D eigenvalue weighted by atomic mass is 16.5. The highest BCUT2D eigenvalue weighted by Crippen LogP contribution is 2.56. The Morgan fingerprint density at radius 3 is 2.50 bits per heavy atom. The number of H-pyrrole nitrogens is 1. The summed E-state index contributed by atoms with van der Waals surface area (Å²) in [5.41, 5.74) is 2.29. The van der Waals surface area contributed by atoms with Crippen molar-refractivity contribution in [2.24, 2.45) is 29.6 Å². The van der Waals surface area contributed by atoms with Gasteiger partial charge in [0.05, 0.1) is 5.92 Å². The fraction of sp³-hybridized carbons (Fsp3) is 0.565. The van der Waals surface area contributed by atoms with Gasteiger partial charge >= 0.3 is 5.97 Å². The van der Waals surface area contributed by atoms with Crippen LogP contribution in [0, 0.1) is 29.6 Å². The molecule has 1 heterocycles. The molecule has 4 saturated carbocycles. The topological polar surface area (TPSA) is 71.2 Å². The number of hydrogen-bond acceptors (Lipinski definition) is 3. The van der Waals surface area contributed by atoms with E-state index < -0.39 is 0 Å². The summed E-state index contributed by atoms with van der Waals surface area (Å²) >= 11 is 0. The van der Waals surface area contributed by atoms with Crippen molar-refractivity contribution < 1.29 is 14.3 Å². The quantitative estimate of drug-likeness (QED) is 0.754. The summed E-state index contributed by atoms with van der Waals surface area (Å²) in [7, 11) is 0. The first kappa shape index (κ1) is 17.8. The Kier molecular flexibility index (Phi) is 4.61. The molecule has 2 N–H and O–H groups in total. The summed E-state index contributed by atoms with van der Waals surface area (Å²) in [6, 6.07) is 8.14. The van der Waals surface area contributed by atoms with Crippen LogP contribution in [-0.2, 0) is 20.7 Å². The van der Waals surface area contributed by atoms with Crippen molar-refractivity contribution in [1.29, 1.82) is 0 Å². The van der Waals surface area contributed by atoms with Crippen LogP contribution in [0.25, 0.3) is 10.9 Å². The highest BCUT2D eigenvalue weighted by molar-refractivity contribution is 5.83. The first-order valence-corrected chi connectivity index (χ1v) is 10.7. The van der Waals surface area contributed by atoms with E-state index in [2.05, 4.69) is 16.4 Å². The van der Waals surface area contributed by atoms with E-state index in [1.54, 1.807) is 0 Å². The van der Waals surface area contributed by atoms with Crippen molar-refractivity contribution in [3.8, 4) is 0 Å². The number of para-hydroxylation sites is 1.